The maximum atomic E-state index is 12.9. The van der Waals surface area contributed by atoms with Crippen LogP contribution in [0.5, 0.6) is 0 Å². The van der Waals surface area contributed by atoms with E-state index in [4.69, 9.17) is 14.2 Å². The van der Waals surface area contributed by atoms with Crippen LogP contribution in [0.25, 0.3) is 0 Å². The Balaban J connectivity index is 4.33. The molecule has 0 spiro atoms. The molecule has 0 saturated heterocycles. The molecule has 0 aromatic carbocycles. The summed E-state index contributed by atoms with van der Waals surface area (Å²) in [6, 6.07) is 0. The van der Waals surface area contributed by atoms with Crippen molar-refractivity contribution < 1.29 is 28.6 Å². The van der Waals surface area contributed by atoms with Gasteiger partial charge in [-0.25, -0.2) is 0 Å². The van der Waals surface area contributed by atoms with E-state index in [1.807, 2.05) is 0 Å². The van der Waals surface area contributed by atoms with Crippen LogP contribution in [0.3, 0.4) is 0 Å². The lowest BCUT2D eigenvalue weighted by Gasteiger charge is -2.18. The summed E-state index contributed by atoms with van der Waals surface area (Å²) >= 11 is 0. The normalized spacial score (nSPS) is 12.5. The van der Waals surface area contributed by atoms with Gasteiger partial charge in [-0.3, -0.25) is 14.4 Å². The van der Waals surface area contributed by atoms with E-state index in [1.165, 1.54) is 161 Å². The first-order valence-corrected chi connectivity index (χ1v) is 30.4. The number of carbonyl (C=O) groups is 3. The quantitative estimate of drug-likeness (QED) is 0.0261. The zero-order valence-corrected chi connectivity index (χ0v) is 47.0. The number of carbonyl (C=O) groups excluding carboxylic acids is 3. The molecule has 0 radical (unpaired) electrons. The maximum Gasteiger partial charge on any atom is 0.306 e. The van der Waals surface area contributed by atoms with Crippen LogP contribution in [0.15, 0.2) is 72.9 Å². The highest BCUT2D eigenvalue weighted by atomic mass is 16.6. The molecule has 0 N–H and O–H groups in total. The highest BCUT2D eigenvalue weighted by Crippen LogP contribution is 2.16. The summed E-state index contributed by atoms with van der Waals surface area (Å²) in [4.78, 5) is 38.2. The van der Waals surface area contributed by atoms with Crippen molar-refractivity contribution in [2.24, 2.45) is 0 Å². The summed E-state index contributed by atoms with van der Waals surface area (Å²) in [5.41, 5.74) is 0. The van der Waals surface area contributed by atoms with E-state index in [0.717, 1.165) is 103 Å². The molecule has 0 aromatic heterocycles. The molecule has 0 fully saturated rings. The summed E-state index contributed by atoms with van der Waals surface area (Å²) in [6.07, 6.45) is 76.1. The molecule has 0 amide bonds. The highest BCUT2D eigenvalue weighted by molar-refractivity contribution is 5.71. The average Bonchev–Trinajstić information content (AvgIpc) is 3.37. The number of rotatable bonds is 55. The molecular weight excluding hydrogens is 877 g/mol. The standard InChI is InChI=1S/C65H114O6/c1-4-7-10-13-16-19-22-25-27-29-31-32-33-34-35-37-38-40-43-46-49-52-55-58-64(67)70-61-62(60-69-63(66)57-54-51-48-45-42-24-21-18-15-12-9-6-3)71-65(68)59-56-53-50-47-44-41-39-36-30-28-26-23-20-17-14-11-8-5-2/h7,10,16,18-19,21,25,27,31-32,34-35,62H,4-6,8-9,11-15,17,20,22-24,26,28-30,33,36-61H2,1-3H3/b10-7-,19-16-,21-18-,27-25-,32-31-,35-34-. The van der Waals surface area contributed by atoms with Gasteiger partial charge in [0.1, 0.15) is 13.2 Å². The Kier molecular flexibility index (Phi) is 56.8. The van der Waals surface area contributed by atoms with Gasteiger partial charge in [0.05, 0.1) is 0 Å². The van der Waals surface area contributed by atoms with E-state index in [2.05, 4.69) is 93.7 Å². The van der Waals surface area contributed by atoms with Crippen molar-refractivity contribution in [1.29, 1.82) is 0 Å². The fourth-order valence-electron chi connectivity index (χ4n) is 8.64. The van der Waals surface area contributed by atoms with E-state index in [9.17, 15) is 14.4 Å². The number of unbranched alkanes of at least 4 members (excludes halogenated alkanes) is 32. The zero-order valence-electron chi connectivity index (χ0n) is 47.0. The second-order valence-corrected chi connectivity index (χ2v) is 20.2. The van der Waals surface area contributed by atoms with Crippen LogP contribution in [0.4, 0.5) is 0 Å². The lowest BCUT2D eigenvalue weighted by atomic mass is 10.0. The van der Waals surface area contributed by atoms with Gasteiger partial charge in [0.15, 0.2) is 6.10 Å². The summed E-state index contributed by atoms with van der Waals surface area (Å²) in [6.45, 7) is 6.52. The predicted octanol–water partition coefficient (Wildman–Crippen LogP) is 20.5. The van der Waals surface area contributed by atoms with Crippen molar-refractivity contribution in [1.82, 2.24) is 0 Å². The van der Waals surface area contributed by atoms with Crippen LogP contribution in [0.2, 0.25) is 0 Å². The monoisotopic (exact) mass is 991 g/mol. The van der Waals surface area contributed by atoms with Gasteiger partial charge in [0.2, 0.25) is 0 Å². The van der Waals surface area contributed by atoms with Crippen LogP contribution in [-0.4, -0.2) is 37.2 Å². The van der Waals surface area contributed by atoms with Crippen molar-refractivity contribution in [3.05, 3.63) is 72.9 Å². The molecule has 0 saturated carbocycles. The Morgan fingerprint density at radius 3 is 0.901 bits per heavy atom. The van der Waals surface area contributed by atoms with Gasteiger partial charge < -0.3 is 14.2 Å². The minimum atomic E-state index is -0.782. The fraction of sp³-hybridized carbons (Fsp3) is 0.769. The second-order valence-electron chi connectivity index (χ2n) is 20.2. The van der Waals surface area contributed by atoms with E-state index < -0.39 is 6.10 Å². The van der Waals surface area contributed by atoms with Gasteiger partial charge in [-0.1, -0.05) is 267 Å². The summed E-state index contributed by atoms with van der Waals surface area (Å²) in [5, 5.41) is 0. The third kappa shape index (κ3) is 57.6. The minimum Gasteiger partial charge on any atom is -0.462 e. The Bertz CT molecular complexity index is 1320. The van der Waals surface area contributed by atoms with Gasteiger partial charge in [0.25, 0.3) is 0 Å². The SMILES string of the molecule is CC/C=C\C/C=C\C/C=C\C/C=C\C/C=C\CCCCCCCCCC(=O)OCC(COC(=O)CCCCCCC/C=C\CCCCC)OC(=O)CCCCCCCCCCCCCCCCCCCC. The number of allylic oxidation sites excluding steroid dienone is 12. The molecule has 0 aliphatic rings. The molecule has 0 aromatic rings. The first-order chi connectivity index (χ1) is 35.0. The molecule has 0 heterocycles. The van der Waals surface area contributed by atoms with Gasteiger partial charge in [-0.2, -0.15) is 0 Å². The average molecular weight is 992 g/mol. The van der Waals surface area contributed by atoms with E-state index in [0.29, 0.717) is 19.3 Å². The van der Waals surface area contributed by atoms with Crippen LogP contribution >= 0.6 is 0 Å². The highest BCUT2D eigenvalue weighted by Gasteiger charge is 2.19. The van der Waals surface area contributed by atoms with E-state index in [-0.39, 0.29) is 31.1 Å². The summed E-state index contributed by atoms with van der Waals surface area (Å²) < 4.78 is 16.9. The molecule has 71 heavy (non-hydrogen) atoms. The van der Waals surface area contributed by atoms with Gasteiger partial charge >= 0.3 is 17.9 Å². The molecule has 0 rings (SSSR count). The molecule has 410 valence electrons. The Morgan fingerprint density at radius 1 is 0.296 bits per heavy atom. The summed E-state index contributed by atoms with van der Waals surface area (Å²) in [5.74, 6) is -0.887. The smallest absolute Gasteiger partial charge is 0.306 e. The third-order valence-corrected chi connectivity index (χ3v) is 13.2. The van der Waals surface area contributed by atoms with Crippen LogP contribution in [0.1, 0.15) is 303 Å². The molecule has 0 bridgehead atoms. The Morgan fingerprint density at radius 2 is 0.549 bits per heavy atom. The van der Waals surface area contributed by atoms with Crippen LogP contribution < -0.4 is 0 Å². The number of hydrogen-bond acceptors (Lipinski definition) is 6. The van der Waals surface area contributed by atoms with Crippen molar-refractivity contribution in [2.75, 3.05) is 13.2 Å². The minimum absolute atomic E-state index is 0.0807. The van der Waals surface area contributed by atoms with Crippen LogP contribution in [0, 0.1) is 0 Å². The Labute approximate surface area is 440 Å². The summed E-state index contributed by atoms with van der Waals surface area (Å²) in [7, 11) is 0. The zero-order chi connectivity index (χ0) is 51.4. The van der Waals surface area contributed by atoms with Crippen LogP contribution in [-0.2, 0) is 28.6 Å². The number of hydrogen-bond donors (Lipinski definition) is 0. The topological polar surface area (TPSA) is 78.9 Å². The molecule has 1 atom stereocenters. The number of esters is 3. The molecule has 1 unspecified atom stereocenters. The lowest BCUT2D eigenvalue weighted by molar-refractivity contribution is -0.167. The van der Waals surface area contributed by atoms with Gasteiger partial charge in [-0.15, -0.1) is 0 Å². The third-order valence-electron chi connectivity index (χ3n) is 13.2. The largest absolute Gasteiger partial charge is 0.462 e. The first-order valence-electron chi connectivity index (χ1n) is 30.4. The predicted molar refractivity (Wildman–Crippen MR) is 307 cm³/mol. The van der Waals surface area contributed by atoms with E-state index in [1.54, 1.807) is 0 Å². The van der Waals surface area contributed by atoms with Crippen molar-refractivity contribution in [3.63, 3.8) is 0 Å². The lowest BCUT2D eigenvalue weighted by Crippen LogP contribution is -2.30. The van der Waals surface area contributed by atoms with E-state index >= 15 is 0 Å². The van der Waals surface area contributed by atoms with Gasteiger partial charge in [0, 0.05) is 19.3 Å². The maximum absolute atomic E-state index is 12.9. The molecule has 6 nitrogen and oxygen atoms in total. The van der Waals surface area contributed by atoms with Crippen molar-refractivity contribution >= 4 is 17.9 Å². The molecule has 0 aliphatic carbocycles. The number of ether oxygens (including phenoxy) is 3. The van der Waals surface area contributed by atoms with Gasteiger partial charge in [-0.05, 0) is 89.9 Å². The Hall–Kier alpha value is -3.15. The molecular formula is C65H114O6. The first kappa shape index (κ1) is 67.8. The second kappa shape index (κ2) is 59.4. The fourth-order valence-corrected chi connectivity index (χ4v) is 8.64. The van der Waals surface area contributed by atoms with Crippen molar-refractivity contribution in [2.45, 2.75) is 309 Å². The van der Waals surface area contributed by atoms with Crippen molar-refractivity contribution in [3.8, 4) is 0 Å². The molecule has 0 aliphatic heterocycles. The molecule has 6 heteroatoms.